The van der Waals surface area contributed by atoms with Crippen LogP contribution in [-0.4, -0.2) is 51.6 Å². The van der Waals surface area contributed by atoms with Crippen molar-refractivity contribution in [1.82, 2.24) is 19.3 Å². The molecule has 49 heavy (non-hydrogen) atoms. The van der Waals surface area contributed by atoms with Crippen LogP contribution in [-0.2, 0) is 19.5 Å². The fourth-order valence-electron chi connectivity index (χ4n) is 5.10. The molecule has 5 aromatic rings. The number of nitro groups is 1. The number of rotatable bonds is 10. The average molecular weight is 694 g/mol. The second kappa shape index (κ2) is 13.2. The monoisotopic (exact) mass is 693 g/mol. The van der Waals surface area contributed by atoms with Gasteiger partial charge in [0, 0.05) is 23.2 Å². The van der Waals surface area contributed by atoms with Crippen molar-refractivity contribution in [3.63, 3.8) is 0 Å². The Labute approximate surface area is 281 Å². The van der Waals surface area contributed by atoms with Crippen LogP contribution in [0.25, 0.3) is 33.8 Å². The Morgan fingerprint density at radius 2 is 1.73 bits per heavy atom. The van der Waals surface area contributed by atoms with Gasteiger partial charge in [-0.2, -0.15) is 4.98 Å². The molecule has 0 saturated heterocycles. The van der Waals surface area contributed by atoms with E-state index in [-0.39, 0.29) is 58.3 Å². The SMILES string of the molecule is CCOC(=O)c1nc(-c2nc([C@@H](NC(=O)OC(C)(C)C)C(C)C)oc2C)oc1-c1cn(S(=O)(=O)c2ccccc2[N+](=O)[O-])c2ccccc12. The van der Waals surface area contributed by atoms with Gasteiger partial charge in [0.05, 0.1) is 17.0 Å². The molecule has 3 heterocycles. The summed E-state index contributed by atoms with van der Waals surface area (Å²) in [6.07, 6.45) is 0.545. The smallest absolute Gasteiger partial charge is 0.408 e. The van der Waals surface area contributed by atoms with Gasteiger partial charge in [-0.05, 0) is 52.7 Å². The molecule has 15 nitrogen and oxygen atoms in total. The van der Waals surface area contributed by atoms with Crippen molar-refractivity contribution in [1.29, 1.82) is 0 Å². The van der Waals surface area contributed by atoms with Crippen LogP contribution >= 0.6 is 0 Å². The minimum absolute atomic E-state index is 0.00776. The van der Waals surface area contributed by atoms with E-state index < -0.39 is 49.2 Å². The second-order valence-electron chi connectivity index (χ2n) is 12.3. The maximum absolute atomic E-state index is 13.9. The number of carbonyl (C=O) groups excluding carboxylic acids is 2. The molecule has 0 unspecified atom stereocenters. The largest absolute Gasteiger partial charge is 0.461 e. The predicted octanol–water partition coefficient (Wildman–Crippen LogP) is 6.80. The first-order valence-electron chi connectivity index (χ1n) is 15.3. The third-order valence-corrected chi connectivity index (χ3v) is 8.96. The standard InChI is InChI=1S/C33H35N5O10S/c1-8-45-31(39)27-28(47-30(35-27)26-19(4)46-29(34-26)25(18(2)3)36-32(40)48-33(5,6)7)21-17-37(22-14-10-9-13-20(21)22)49(43,44)24-16-12-11-15-23(24)38(41)42/h9-18,25H,8H2,1-7H3,(H,36,40)/t25-/m0/s1. The van der Waals surface area contributed by atoms with Crippen LogP contribution in [0, 0.1) is 23.0 Å². The molecule has 1 N–H and O–H groups in total. The number of aromatic nitrogens is 3. The van der Waals surface area contributed by atoms with Gasteiger partial charge in [0.2, 0.25) is 11.8 Å². The minimum Gasteiger partial charge on any atom is -0.461 e. The maximum Gasteiger partial charge on any atom is 0.408 e. The van der Waals surface area contributed by atoms with Gasteiger partial charge in [0.15, 0.2) is 22.0 Å². The third kappa shape index (κ3) is 6.90. The van der Waals surface area contributed by atoms with E-state index in [1.54, 1.807) is 52.8 Å². The number of alkyl carbamates (subject to hydrolysis) is 1. The molecule has 0 fully saturated rings. The molecule has 3 aromatic heterocycles. The molecule has 2 aromatic carbocycles. The van der Waals surface area contributed by atoms with Crippen LogP contribution in [0.15, 0.2) is 68.5 Å². The highest BCUT2D eigenvalue weighted by Gasteiger charge is 2.34. The van der Waals surface area contributed by atoms with Crippen LogP contribution < -0.4 is 5.32 Å². The number of oxazole rings is 2. The van der Waals surface area contributed by atoms with E-state index in [0.29, 0.717) is 5.39 Å². The molecular formula is C33H35N5O10S. The highest BCUT2D eigenvalue weighted by Crippen LogP contribution is 2.39. The summed E-state index contributed by atoms with van der Waals surface area (Å²) in [5.74, 6) is -0.892. The number of para-hydroxylation sites is 2. The van der Waals surface area contributed by atoms with Gasteiger partial charge in [-0.25, -0.2) is 27.0 Å². The topological polar surface area (TPSA) is 199 Å². The van der Waals surface area contributed by atoms with Gasteiger partial charge in [-0.3, -0.25) is 10.1 Å². The Morgan fingerprint density at radius 1 is 1.06 bits per heavy atom. The van der Waals surface area contributed by atoms with E-state index in [1.165, 1.54) is 24.4 Å². The number of nitrogens with zero attached hydrogens (tertiary/aromatic N) is 4. The first-order chi connectivity index (χ1) is 23.0. The highest BCUT2D eigenvalue weighted by molar-refractivity contribution is 7.90. The summed E-state index contributed by atoms with van der Waals surface area (Å²) >= 11 is 0. The number of nitro benzene ring substituents is 1. The Balaban J connectivity index is 1.66. The first-order valence-corrected chi connectivity index (χ1v) is 16.7. The molecule has 0 aliphatic heterocycles. The zero-order chi connectivity index (χ0) is 35.8. The Bertz CT molecular complexity index is 2170. The molecule has 0 radical (unpaired) electrons. The third-order valence-electron chi connectivity index (χ3n) is 7.24. The van der Waals surface area contributed by atoms with Crippen LogP contribution in [0.4, 0.5) is 10.5 Å². The van der Waals surface area contributed by atoms with Crippen LogP contribution in [0.5, 0.6) is 0 Å². The van der Waals surface area contributed by atoms with Gasteiger partial charge >= 0.3 is 12.1 Å². The van der Waals surface area contributed by atoms with Crippen molar-refractivity contribution >= 4 is 38.7 Å². The number of hydrogen-bond donors (Lipinski definition) is 1. The van der Waals surface area contributed by atoms with Crippen molar-refractivity contribution < 1.29 is 41.2 Å². The number of carbonyl (C=O) groups is 2. The van der Waals surface area contributed by atoms with Crippen molar-refractivity contribution in [2.24, 2.45) is 5.92 Å². The molecule has 16 heteroatoms. The minimum atomic E-state index is -4.54. The highest BCUT2D eigenvalue weighted by atomic mass is 32.2. The first kappa shape index (κ1) is 34.8. The van der Waals surface area contributed by atoms with Gasteiger partial charge in [0.25, 0.3) is 15.7 Å². The lowest BCUT2D eigenvalue weighted by molar-refractivity contribution is -0.387. The molecule has 0 saturated carbocycles. The number of esters is 1. The van der Waals surface area contributed by atoms with Gasteiger partial charge in [-0.1, -0.05) is 44.2 Å². The van der Waals surface area contributed by atoms with Gasteiger partial charge < -0.3 is 23.6 Å². The van der Waals surface area contributed by atoms with Crippen LogP contribution in [0.1, 0.15) is 69.7 Å². The van der Waals surface area contributed by atoms with Crippen LogP contribution in [0.3, 0.4) is 0 Å². The number of aryl methyl sites for hydroxylation is 1. The summed E-state index contributed by atoms with van der Waals surface area (Å²) in [6, 6.07) is 10.7. The van der Waals surface area contributed by atoms with Crippen molar-refractivity contribution in [2.45, 2.75) is 65.0 Å². The van der Waals surface area contributed by atoms with Gasteiger partial charge in [-0.15, -0.1) is 0 Å². The molecule has 0 spiro atoms. The molecule has 1 atom stereocenters. The number of ether oxygens (including phenoxy) is 2. The number of benzene rings is 2. The summed E-state index contributed by atoms with van der Waals surface area (Å²) in [5.41, 5.74) is -1.17. The Morgan fingerprint density at radius 3 is 2.39 bits per heavy atom. The molecule has 0 bridgehead atoms. The Kier molecular flexibility index (Phi) is 9.37. The fourth-order valence-corrected chi connectivity index (χ4v) is 6.63. The quantitative estimate of drug-likeness (QED) is 0.0912. The molecule has 0 aliphatic rings. The van der Waals surface area contributed by atoms with E-state index in [0.717, 1.165) is 16.1 Å². The molecule has 258 valence electrons. The lowest BCUT2D eigenvalue weighted by Crippen LogP contribution is -2.37. The van der Waals surface area contributed by atoms with Crippen LogP contribution in [0.2, 0.25) is 0 Å². The predicted molar refractivity (Wildman–Crippen MR) is 176 cm³/mol. The zero-order valence-corrected chi connectivity index (χ0v) is 28.7. The van der Waals surface area contributed by atoms with Crippen molar-refractivity contribution in [3.8, 4) is 22.9 Å². The Hall–Kier alpha value is -5.51. The van der Waals surface area contributed by atoms with E-state index >= 15 is 0 Å². The van der Waals surface area contributed by atoms with E-state index in [9.17, 15) is 28.1 Å². The summed E-state index contributed by atoms with van der Waals surface area (Å²) < 4.78 is 51.6. The van der Waals surface area contributed by atoms with Crippen molar-refractivity contribution in [2.75, 3.05) is 6.61 Å². The number of fused-ring (bicyclic) bond motifs is 1. The summed E-state index contributed by atoms with van der Waals surface area (Å²) in [4.78, 5) is 45.3. The lowest BCUT2D eigenvalue weighted by Gasteiger charge is -2.24. The number of amides is 1. The average Bonchev–Trinajstić information content (AvgIpc) is 3.74. The zero-order valence-electron chi connectivity index (χ0n) is 27.8. The maximum atomic E-state index is 13.9. The lowest BCUT2D eigenvalue weighted by atomic mass is 10.0. The second-order valence-corrected chi connectivity index (χ2v) is 14.1. The normalized spacial score (nSPS) is 12.7. The molecule has 0 aliphatic carbocycles. The summed E-state index contributed by atoms with van der Waals surface area (Å²) in [5, 5.41) is 14.9. The summed E-state index contributed by atoms with van der Waals surface area (Å²) in [7, 11) is -4.54. The van der Waals surface area contributed by atoms with E-state index in [4.69, 9.17) is 18.3 Å². The van der Waals surface area contributed by atoms with E-state index in [2.05, 4.69) is 15.3 Å². The van der Waals surface area contributed by atoms with Gasteiger partial charge in [0.1, 0.15) is 17.4 Å². The fraction of sp³-hybridized carbons (Fsp3) is 0.333. The number of hydrogen-bond acceptors (Lipinski definition) is 12. The van der Waals surface area contributed by atoms with Crippen molar-refractivity contribution in [3.05, 3.63) is 82.2 Å². The van der Waals surface area contributed by atoms with E-state index in [1.807, 2.05) is 13.8 Å². The number of nitrogens with one attached hydrogen (secondary N) is 1. The molecule has 5 rings (SSSR count). The molecular weight excluding hydrogens is 658 g/mol. The summed E-state index contributed by atoms with van der Waals surface area (Å²) in [6.45, 7) is 12.2. The molecule has 1 amide bonds.